The summed E-state index contributed by atoms with van der Waals surface area (Å²) in [7, 11) is 1.89. The third-order valence-corrected chi connectivity index (χ3v) is 5.64. The molecule has 0 amide bonds. The summed E-state index contributed by atoms with van der Waals surface area (Å²) in [6, 6.07) is 6.57. The number of rotatable bonds is 8. The number of benzene rings is 1. The van der Waals surface area contributed by atoms with Crippen molar-refractivity contribution in [2.75, 3.05) is 35.7 Å². The Bertz CT molecular complexity index is 1040. The lowest BCUT2D eigenvalue weighted by molar-refractivity contribution is 0.569. The highest BCUT2D eigenvalue weighted by atomic mass is 19.1. The van der Waals surface area contributed by atoms with Gasteiger partial charge in [0.2, 0.25) is 5.95 Å². The quantitative estimate of drug-likeness (QED) is 0.521. The highest BCUT2D eigenvalue weighted by Crippen LogP contribution is 2.46. The first kappa shape index (κ1) is 21.1. The van der Waals surface area contributed by atoms with Gasteiger partial charge in [-0.15, -0.1) is 0 Å². The van der Waals surface area contributed by atoms with E-state index in [0.717, 1.165) is 61.1 Å². The number of nitrogens with zero attached hydrogens (tertiary/aromatic N) is 5. The fraction of sp³-hybridized carbons (Fsp3) is 0.435. The van der Waals surface area contributed by atoms with Crippen LogP contribution in [0.15, 0.2) is 36.8 Å². The lowest BCUT2D eigenvalue weighted by Gasteiger charge is -2.21. The summed E-state index contributed by atoms with van der Waals surface area (Å²) in [5.74, 6) is 2.06. The van der Waals surface area contributed by atoms with Crippen molar-refractivity contribution in [1.82, 2.24) is 19.5 Å². The summed E-state index contributed by atoms with van der Waals surface area (Å²) in [6.45, 7) is 8.86. The second kappa shape index (κ2) is 8.53. The minimum atomic E-state index is -0.241. The van der Waals surface area contributed by atoms with E-state index >= 15 is 0 Å². The summed E-state index contributed by atoms with van der Waals surface area (Å²) < 4.78 is 15.6. The second-order valence-electron chi connectivity index (χ2n) is 8.68. The smallest absolute Gasteiger partial charge is 0.226 e. The Kier molecular flexibility index (Phi) is 5.80. The van der Waals surface area contributed by atoms with E-state index in [1.807, 2.05) is 20.3 Å². The molecule has 0 spiro atoms. The molecule has 0 saturated heterocycles. The van der Waals surface area contributed by atoms with Crippen molar-refractivity contribution >= 4 is 23.3 Å². The molecule has 0 unspecified atom stereocenters. The van der Waals surface area contributed by atoms with Crippen molar-refractivity contribution in [3.05, 3.63) is 53.9 Å². The van der Waals surface area contributed by atoms with Crippen LogP contribution in [0.4, 0.5) is 27.7 Å². The Morgan fingerprint density at radius 2 is 1.90 bits per heavy atom. The van der Waals surface area contributed by atoms with Crippen LogP contribution in [0.2, 0.25) is 0 Å². The zero-order chi connectivity index (χ0) is 22.0. The standard InChI is InChI=1S/C23H30FN7/c1-16-13-30(15-27-16)12-6-5-11-26-22-28-20(25-4)19-21(29-22)31(14-23(19,2)3)18-9-7-17(24)8-10-18/h7-10,13,15H,5-6,11-12,14H2,1-4H3,(H2,25,26,28,29). The number of halogens is 1. The van der Waals surface area contributed by atoms with Crippen LogP contribution in [0.3, 0.4) is 0 Å². The largest absolute Gasteiger partial charge is 0.373 e. The number of aromatic nitrogens is 4. The molecule has 0 fully saturated rings. The number of imidazole rings is 1. The van der Waals surface area contributed by atoms with E-state index in [-0.39, 0.29) is 11.2 Å². The zero-order valence-electron chi connectivity index (χ0n) is 18.6. The van der Waals surface area contributed by atoms with Gasteiger partial charge in [-0.25, -0.2) is 9.37 Å². The highest BCUT2D eigenvalue weighted by molar-refractivity contribution is 5.75. The topological polar surface area (TPSA) is 70.9 Å². The molecule has 4 rings (SSSR count). The van der Waals surface area contributed by atoms with Crippen molar-refractivity contribution in [3.63, 3.8) is 0 Å². The highest BCUT2D eigenvalue weighted by Gasteiger charge is 2.40. The third-order valence-electron chi connectivity index (χ3n) is 5.64. The van der Waals surface area contributed by atoms with Crippen LogP contribution in [0.5, 0.6) is 0 Å². The SMILES string of the molecule is CNc1nc(NCCCCn2cnc(C)c2)nc2c1C(C)(C)CN2c1ccc(F)cc1. The van der Waals surface area contributed by atoms with E-state index in [1.165, 1.54) is 12.1 Å². The number of nitrogens with one attached hydrogen (secondary N) is 2. The summed E-state index contributed by atoms with van der Waals surface area (Å²) in [4.78, 5) is 16.0. The average Bonchev–Trinajstić information content (AvgIpc) is 3.28. The summed E-state index contributed by atoms with van der Waals surface area (Å²) in [5.41, 5.74) is 2.91. The van der Waals surface area contributed by atoms with E-state index < -0.39 is 0 Å². The van der Waals surface area contributed by atoms with Crippen molar-refractivity contribution in [1.29, 1.82) is 0 Å². The third kappa shape index (κ3) is 4.47. The van der Waals surface area contributed by atoms with Crippen molar-refractivity contribution in [2.45, 2.75) is 45.6 Å². The van der Waals surface area contributed by atoms with Gasteiger partial charge in [0.1, 0.15) is 17.5 Å². The van der Waals surface area contributed by atoms with Crippen LogP contribution in [0, 0.1) is 12.7 Å². The van der Waals surface area contributed by atoms with E-state index in [2.05, 4.69) is 45.1 Å². The normalized spacial score (nSPS) is 14.5. The lowest BCUT2D eigenvalue weighted by Crippen LogP contribution is -2.25. The van der Waals surface area contributed by atoms with Gasteiger partial charge in [0.15, 0.2) is 0 Å². The maximum absolute atomic E-state index is 13.4. The number of unbranched alkanes of at least 4 members (excludes halogenated alkanes) is 1. The molecule has 1 aliphatic rings. The average molecular weight is 424 g/mol. The second-order valence-corrected chi connectivity index (χ2v) is 8.68. The molecule has 3 aromatic rings. The van der Waals surface area contributed by atoms with Crippen molar-refractivity contribution < 1.29 is 4.39 Å². The van der Waals surface area contributed by atoms with Crippen LogP contribution in [0.1, 0.15) is 37.9 Å². The molecule has 7 nitrogen and oxygen atoms in total. The molecule has 0 saturated carbocycles. The molecule has 8 heteroatoms. The van der Waals surface area contributed by atoms with Gasteiger partial charge in [-0.3, -0.25) is 0 Å². The van der Waals surface area contributed by atoms with Gasteiger partial charge in [-0.2, -0.15) is 9.97 Å². The van der Waals surface area contributed by atoms with Crippen molar-refractivity contribution in [3.8, 4) is 0 Å². The Hall–Kier alpha value is -3.16. The molecule has 0 aliphatic carbocycles. The van der Waals surface area contributed by atoms with E-state index in [0.29, 0.717) is 5.95 Å². The molecule has 0 radical (unpaired) electrons. The first-order chi connectivity index (χ1) is 14.9. The van der Waals surface area contributed by atoms with Gasteiger partial charge in [-0.1, -0.05) is 13.8 Å². The van der Waals surface area contributed by atoms with Crippen LogP contribution in [-0.4, -0.2) is 39.7 Å². The van der Waals surface area contributed by atoms with Gasteiger partial charge in [0, 0.05) is 49.5 Å². The van der Waals surface area contributed by atoms with Gasteiger partial charge < -0.3 is 20.1 Å². The molecule has 2 aromatic heterocycles. The maximum atomic E-state index is 13.4. The zero-order valence-corrected chi connectivity index (χ0v) is 18.6. The molecule has 1 aromatic carbocycles. The molecule has 164 valence electrons. The van der Waals surface area contributed by atoms with Crippen LogP contribution < -0.4 is 15.5 Å². The van der Waals surface area contributed by atoms with Gasteiger partial charge in [-0.05, 0) is 44.0 Å². The first-order valence-corrected chi connectivity index (χ1v) is 10.7. The Balaban J connectivity index is 1.49. The maximum Gasteiger partial charge on any atom is 0.226 e. The van der Waals surface area contributed by atoms with Crippen LogP contribution >= 0.6 is 0 Å². The number of hydrogen-bond donors (Lipinski definition) is 2. The molecule has 0 atom stereocenters. The van der Waals surface area contributed by atoms with E-state index in [9.17, 15) is 4.39 Å². The molecular weight excluding hydrogens is 393 g/mol. The molecular formula is C23H30FN7. The summed E-state index contributed by atoms with van der Waals surface area (Å²) in [6.07, 6.45) is 5.97. The number of hydrogen-bond acceptors (Lipinski definition) is 6. The lowest BCUT2D eigenvalue weighted by atomic mass is 9.88. The predicted octanol–water partition coefficient (Wildman–Crippen LogP) is 4.48. The van der Waals surface area contributed by atoms with Gasteiger partial charge >= 0.3 is 0 Å². The Morgan fingerprint density at radius 1 is 1.13 bits per heavy atom. The van der Waals surface area contributed by atoms with Crippen LogP contribution in [-0.2, 0) is 12.0 Å². The number of fused-ring (bicyclic) bond motifs is 1. The molecule has 1 aliphatic heterocycles. The van der Waals surface area contributed by atoms with Crippen LogP contribution in [0.25, 0.3) is 0 Å². The van der Waals surface area contributed by atoms with Crippen molar-refractivity contribution in [2.24, 2.45) is 0 Å². The fourth-order valence-electron chi connectivity index (χ4n) is 4.12. The molecule has 2 N–H and O–H groups in total. The van der Waals surface area contributed by atoms with Gasteiger partial charge in [0.05, 0.1) is 12.0 Å². The predicted molar refractivity (Wildman–Crippen MR) is 123 cm³/mol. The minimum Gasteiger partial charge on any atom is -0.373 e. The summed E-state index contributed by atoms with van der Waals surface area (Å²) in [5, 5.41) is 6.62. The fourth-order valence-corrected chi connectivity index (χ4v) is 4.12. The summed E-state index contributed by atoms with van der Waals surface area (Å²) >= 11 is 0. The van der Waals surface area contributed by atoms with Gasteiger partial charge in [0.25, 0.3) is 0 Å². The minimum absolute atomic E-state index is 0.135. The number of aryl methyl sites for hydroxylation is 2. The Labute approximate surface area is 182 Å². The molecule has 3 heterocycles. The Morgan fingerprint density at radius 3 is 2.58 bits per heavy atom. The molecule has 31 heavy (non-hydrogen) atoms. The van der Waals surface area contributed by atoms with E-state index in [4.69, 9.17) is 9.97 Å². The van der Waals surface area contributed by atoms with E-state index in [1.54, 1.807) is 12.1 Å². The number of anilines is 4. The molecule has 0 bridgehead atoms. The monoisotopic (exact) mass is 423 g/mol. The first-order valence-electron chi connectivity index (χ1n) is 10.7.